The van der Waals surface area contributed by atoms with Crippen molar-refractivity contribution in [3.05, 3.63) is 35.4 Å². The molecule has 2 N–H and O–H groups in total. The van der Waals surface area contributed by atoms with E-state index in [0.717, 1.165) is 17.7 Å². The molecular formula is C17H22N4OS2. The maximum Gasteiger partial charge on any atom is 0.240 e. The lowest BCUT2D eigenvalue weighted by atomic mass is 10.0. The first-order valence-corrected chi connectivity index (χ1v) is 9.86. The molecule has 3 fully saturated rings. The molecule has 5 nitrogen and oxygen atoms in total. The number of hydrogen-bond acceptors (Lipinski definition) is 4. The third-order valence-electron chi connectivity index (χ3n) is 5.04. The summed E-state index contributed by atoms with van der Waals surface area (Å²) in [6, 6.07) is 8.78. The van der Waals surface area contributed by atoms with Crippen LogP contribution < -0.4 is 10.9 Å². The van der Waals surface area contributed by atoms with Crippen LogP contribution in [0.2, 0.25) is 0 Å². The molecule has 0 aliphatic carbocycles. The van der Waals surface area contributed by atoms with E-state index < -0.39 is 0 Å². The van der Waals surface area contributed by atoms with Crippen LogP contribution in [0.1, 0.15) is 37.3 Å². The molecule has 3 saturated heterocycles. The number of nitrogens with one attached hydrogen (secondary N) is 2. The monoisotopic (exact) mass is 362 g/mol. The summed E-state index contributed by atoms with van der Waals surface area (Å²) in [6.07, 6.45) is 0.826. The van der Waals surface area contributed by atoms with Crippen LogP contribution in [-0.4, -0.2) is 44.2 Å². The molecule has 1 aromatic rings. The predicted octanol–water partition coefficient (Wildman–Crippen LogP) is 2.00. The predicted molar refractivity (Wildman–Crippen MR) is 100 cm³/mol. The molecule has 3 heterocycles. The van der Waals surface area contributed by atoms with E-state index in [-0.39, 0.29) is 23.5 Å². The number of carbonyl (C=O) groups excluding carboxylic acids is 1. The first-order chi connectivity index (χ1) is 11.6. The van der Waals surface area contributed by atoms with E-state index in [1.807, 2.05) is 4.90 Å². The van der Waals surface area contributed by atoms with Crippen molar-refractivity contribution in [3.63, 3.8) is 0 Å². The fraction of sp³-hybridized carbons (Fsp3) is 0.529. The van der Waals surface area contributed by atoms with Crippen LogP contribution in [0.5, 0.6) is 0 Å². The number of carbonyl (C=O) groups is 1. The highest BCUT2D eigenvalue weighted by Gasteiger charge is 2.52. The van der Waals surface area contributed by atoms with Gasteiger partial charge in [0.25, 0.3) is 0 Å². The van der Waals surface area contributed by atoms with Crippen LogP contribution in [0.25, 0.3) is 0 Å². The van der Waals surface area contributed by atoms with E-state index in [4.69, 9.17) is 12.2 Å². The maximum atomic E-state index is 13.0. The second kappa shape index (κ2) is 6.20. The third kappa shape index (κ3) is 2.59. The average Bonchev–Trinajstić information content (AvgIpc) is 3.18. The van der Waals surface area contributed by atoms with Crippen molar-refractivity contribution in [2.24, 2.45) is 0 Å². The fourth-order valence-electron chi connectivity index (χ4n) is 3.68. The minimum Gasteiger partial charge on any atom is -0.309 e. The van der Waals surface area contributed by atoms with E-state index in [1.54, 1.807) is 11.8 Å². The summed E-state index contributed by atoms with van der Waals surface area (Å²) < 4.78 is 0. The number of amides is 1. The Morgan fingerprint density at radius 1 is 1.33 bits per heavy atom. The number of rotatable bonds is 3. The van der Waals surface area contributed by atoms with Gasteiger partial charge >= 0.3 is 0 Å². The van der Waals surface area contributed by atoms with Gasteiger partial charge in [0, 0.05) is 6.54 Å². The molecule has 0 spiro atoms. The van der Waals surface area contributed by atoms with Crippen LogP contribution in [-0.2, 0) is 11.3 Å². The van der Waals surface area contributed by atoms with Gasteiger partial charge in [-0.1, -0.05) is 38.1 Å². The van der Waals surface area contributed by atoms with Crippen molar-refractivity contribution in [2.45, 2.75) is 50.3 Å². The zero-order valence-corrected chi connectivity index (χ0v) is 15.5. The van der Waals surface area contributed by atoms with Crippen molar-refractivity contribution in [2.75, 3.05) is 5.75 Å². The lowest BCUT2D eigenvalue weighted by Gasteiger charge is -2.45. The number of benzene rings is 1. The van der Waals surface area contributed by atoms with Gasteiger partial charge in [-0.2, -0.15) is 5.43 Å². The molecule has 0 radical (unpaired) electrons. The second-order valence-electron chi connectivity index (χ2n) is 6.87. The molecule has 0 saturated carbocycles. The quantitative estimate of drug-likeness (QED) is 0.802. The molecule has 3 unspecified atom stereocenters. The standard InChI is InChI=1S/C17H22N4OS2/c1-10(2)12-5-3-11(4-6-12)9-20-15(22)14-13(7-8-24-14)21-16(20)18-19-17(21)23/h3-6,10,13-14,16,18H,7-9H2,1-2H3,(H,19,23). The molecule has 4 rings (SSSR count). The van der Waals surface area contributed by atoms with Gasteiger partial charge in [0.15, 0.2) is 11.4 Å². The summed E-state index contributed by atoms with van der Waals surface area (Å²) in [4.78, 5) is 17.1. The van der Waals surface area contributed by atoms with Crippen LogP contribution in [0, 0.1) is 0 Å². The van der Waals surface area contributed by atoms with Gasteiger partial charge in [-0.15, -0.1) is 11.8 Å². The Balaban J connectivity index is 1.59. The second-order valence-corrected chi connectivity index (χ2v) is 8.50. The highest BCUT2D eigenvalue weighted by Crippen LogP contribution is 2.38. The Bertz CT molecular complexity index is 663. The molecule has 0 bridgehead atoms. The van der Waals surface area contributed by atoms with Crippen molar-refractivity contribution in [1.29, 1.82) is 0 Å². The summed E-state index contributed by atoms with van der Waals surface area (Å²) >= 11 is 7.21. The zero-order chi connectivity index (χ0) is 16.8. The summed E-state index contributed by atoms with van der Waals surface area (Å²) in [7, 11) is 0. The van der Waals surface area contributed by atoms with Crippen LogP contribution in [0.15, 0.2) is 24.3 Å². The summed E-state index contributed by atoms with van der Waals surface area (Å²) in [5.41, 5.74) is 8.69. The van der Waals surface area contributed by atoms with Gasteiger partial charge in [0.05, 0.1) is 6.04 Å². The van der Waals surface area contributed by atoms with Crippen molar-refractivity contribution in [1.82, 2.24) is 20.7 Å². The van der Waals surface area contributed by atoms with E-state index in [2.05, 4.69) is 53.9 Å². The Kier molecular flexibility index (Phi) is 4.18. The van der Waals surface area contributed by atoms with Crippen molar-refractivity contribution < 1.29 is 4.79 Å². The lowest BCUT2D eigenvalue weighted by molar-refractivity contribution is -0.144. The zero-order valence-electron chi connectivity index (χ0n) is 13.9. The van der Waals surface area contributed by atoms with Gasteiger partial charge in [0.1, 0.15) is 5.25 Å². The number of thiocarbonyl (C=S) groups is 1. The van der Waals surface area contributed by atoms with E-state index in [0.29, 0.717) is 17.6 Å². The van der Waals surface area contributed by atoms with Crippen LogP contribution in [0.4, 0.5) is 0 Å². The van der Waals surface area contributed by atoms with Gasteiger partial charge in [-0.05, 0) is 41.4 Å². The molecule has 0 aromatic heterocycles. The number of fused-ring (bicyclic) bond motifs is 3. The van der Waals surface area contributed by atoms with Crippen molar-refractivity contribution >= 4 is 35.0 Å². The first-order valence-electron chi connectivity index (χ1n) is 8.41. The number of hydrogen-bond donors (Lipinski definition) is 2. The number of nitrogens with zero attached hydrogens (tertiary/aromatic N) is 2. The number of hydrazine groups is 1. The van der Waals surface area contributed by atoms with E-state index in [9.17, 15) is 4.79 Å². The highest BCUT2D eigenvalue weighted by atomic mass is 32.2. The van der Waals surface area contributed by atoms with E-state index >= 15 is 0 Å². The fourth-order valence-corrected chi connectivity index (χ4v) is 5.38. The van der Waals surface area contributed by atoms with E-state index in [1.165, 1.54) is 5.56 Å². The smallest absolute Gasteiger partial charge is 0.240 e. The Hall–Kier alpha value is -1.31. The first kappa shape index (κ1) is 16.2. The third-order valence-corrected chi connectivity index (χ3v) is 6.70. The Morgan fingerprint density at radius 2 is 2.08 bits per heavy atom. The molecule has 128 valence electrons. The number of thioether (sulfide) groups is 1. The largest absolute Gasteiger partial charge is 0.309 e. The van der Waals surface area contributed by atoms with Gasteiger partial charge in [-0.3, -0.25) is 10.2 Å². The van der Waals surface area contributed by atoms with Crippen LogP contribution in [0.3, 0.4) is 0 Å². The van der Waals surface area contributed by atoms with Crippen molar-refractivity contribution in [3.8, 4) is 0 Å². The molecule has 3 aliphatic heterocycles. The molecule has 7 heteroatoms. The molecular weight excluding hydrogens is 340 g/mol. The summed E-state index contributed by atoms with van der Waals surface area (Å²) in [6.45, 7) is 4.97. The molecule has 24 heavy (non-hydrogen) atoms. The SMILES string of the molecule is CC(C)c1ccc(CN2C(=O)C3SCCC3N3C(=S)NNC23)cc1. The van der Waals surface area contributed by atoms with Gasteiger partial charge in [0.2, 0.25) is 5.91 Å². The molecule has 1 amide bonds. The average molecular weight is 363 g/mol. The Morgan fingerprint density at radius 3 is 2.79 bits per heavy atom. The lowest BCUT2D eigenvalue weighted by Crippen LogP contribution is -2.65. The molecule has 3 atom stereocenters. The highest BCUT2D eigenvalue weighted by molar-refractivity contribution is 8.00. The molecule has 1 aromatic carbocycles. The van der Waals surface area contributed by atoms with Gasteiger partial charge < -0.3 is 9.80 Å². The molecule has 3 aliphatic rings. The topological polar surface area (TPSA) is 47.6 Å². The maximum absolute atomic E-state index is 13.0. The minimum atomic E-state index is -0.185. The van der Waals surface area contributed by atoms with Gasteiger partial charge in [-0.25, -0.2) is 0 Å². The normalized spacial score (nSPS) is 29.0. The Labute approximate surface area is 152 Å². The minimum absolute atomic E-state index is 0.00385. The summed E-state index contributed by atoms with van der Waals surface area (Å²) in [5, 5.41) is 0.695. The summed E-state index contributed by atoms with van der Waals surface area (Å²) in [5.74, 6) is 1.75. The van der Waals surface area contributed by atoms with Crippen LogP contribution >= 0.6 is 24.0 Å².